The van der Waals surface area contributed by atoms with E-state index < -0.39 is 9.84 Å². The van der Waals surface area contributed by atoms with Crippen molar-refractivity contribution in [2.75, 3.05) is 25.4 Å². The van der Waals surface area contributed by atoms with Crippen LogP contribution in [0.4, 0.5) is 0 Å². The first-order chi connectivity index (χ1) is 16.9. The van der Waals surface area contributed by atoms with Crippen molar-refractivity contribution in [2.24, 2.45) is 7.05 Å². The highest BCUT2D eigenvalue weighted by Gasteiger charge is 2.36. The summed E-state index contributed by atoms with van der Waals surface area (Å²) in [5, 5.41) is 4.74. The van der Waals surface area contributed by atoms with Crippen LogP contribution in [0.15, 0.2) is 59.8 Å². The molecule has 1 aliphatic carbocycles. The molecule has 6 nitrogen and oxygen atoms in total. The Hall–Kier alpha value is -2.35. The number of benzene rings is 2. The fraction of sp³-hybridized carbons (Fsp3) is 0.444. The first-order valence-electron chi connectivity index (χ1n) is 12.3. The SMILES string of the molecule is Cn1cc(S(=O)(=O)CCCOc2ccc3c(c2)C(Cc2cccc(Cl)c2)C(N2CCC2)CC3)cn1. The molecule has 1 saturated heterocycles. The van der Waals surface area contributed by atoms with E-state index in [-0.39, 0.29) is 10.6 Å². The largest absolute Gasteiger partial charge is 0.494 e. The van der Waals surface area contributed by atoms with Gasteiger partial charge in [-0.1, -0.05) is 29.8 Å². The van der Waals surface area contributed by atoms with E-state index in [9.17, 15) is 8.42 Å². The quantitative estimate of drug-likeness (QED) is 0.389. The van der Waals surface area contributed by atoms with E-state index in [4.69, 9.17) is 16.3 Å². The van der Waals surface area contributed by atoms with Gasteiger partial charge in [0, 0.05) is 30.2 Å². The van der Waals surface area contributed by atoms with Gasteiger partial charge in [-0.15, -0.1) is 0 Å². The van der Waals surface area contributed by atoms with Crippen LogP contribution in [0, 0.1) is 0 Å². The first kappa shape index (κ1) is 24.3. The van der Waals surface area contributed by atoms with E-state index in [1.807, 2.05) is 18.2 Å². The molecule has 2 aliphatic rings. The van der Waals surface area contributed by atoms with E-state index in [0.29, 0.717) is 25.0 Å². The summed E-state index contributed by atoms with van der Waals surface area (Å²) in [6, 6.07) is 15.1. The van der Waals surface area contributed by atoms with E-state index >= 15 is 0 Å². The van der Waals surface area contributed by atoms with Crippen LogP contribution in [0.1, 0.15) is 41.9 Å². The average Bonchev–Trinajstić information content (AvgIpc) is 3.24. The maximum atomic E-state index is 12.5. The van der Waals surface area contributed by atoms with Crippen molar-refractivity contribution in [3.05, 3.63) is 76.6 Å². The average molecular weight is 514 g/mol. The highest BCUT2D eigenvalue weighted by Crippen LogP contribution is 2.40. The monoisotopic (exact) mass is 513 g/mol. The Morgan fingerprint density at radius 2 is 2.03 bits per heavy atom. The molecule has 2 unspecified atom stereocenters. The Labute approximate surface area is 212 Å². The van der Waals surface area contributed by atoms with E-state index in [1.54, 1.807) is 7.05 Å². The molecule has 2 aromatic carbocycles. The van der Waals surface area contributed by atoms with Gasteiger partial charge in [-0.05, 0) is 86.1 Å². The third-order valence-electron chi connectivity index (χ3n) is 7.26. The molecule has 35 heavy (non-hydrogen) atoms. The van der Waals surface area contributed by atoms with Crippen molar-refractivity contribution < 1.29 is 13.2 Å². The number of ether oxygens (including phenoxy) is 1. The molecule has 2 atom stereocenters. The second kappa shape index (κ2) is 10.3. The standard InChI is InChI=1S/C27H32ClN3O3S/c1-30-19-24(18-29-30)35(32,33)14-4-13-34-23-9-7-21-8-10-27(31-11-3-12-31)26(25(21)17-23)16-20-5-2-6-22(28)15-20/h2,5-7,9,15,17-19,26-27H,3-4,8,10-14,16H2,1H3. The summed E-state index contributed by atoms with van der Waals surface area (Å²) in [4.78, 5) is 2.88. The first-order valence-corrected chi connectivity index (χ1v) is 14.4. The van der Waals surface area contributed by atoms with E-state index in [2.05, 4.69) is 34.3 Å². The van der Waals surface area contributed by atoms with Crippen LogP contribution in [0.5, 0.6) is 5.75 Å². The minimum atomic E-state index is -3.35. The highest BCUT2D eigenvalue weighted by molar-refractivity contribution is 7.91. The minimum Gasteiger partial charge on any atom is -0.494 e. The number of fused-ring (bicyclic) bond motifs is 1. The minimum absolute atomic E-state index is 0.0397. The van der Waals surface area contributed by atoms with Gasteiger partial charge in [-0.2, -0.15) is 5.10 Å². The van der Waals surface area contributed by atoms with Crippen molar-refractivity contribution in [1.82, 2.24) is 14.7 Å². The third kappa shape index (κ3) is 5.57. The van der Waals surface area contributed by atoms with Gasteiger partial charge in [-0.3, -0.25) is 9.58 Å². The lowest BCUT2D eigenvalue weighted by atomic mass is 9.75. The summed E-state index contributed by atoms with van der Waals surface area (Å²) in [6.45, 7) is 2.70. The van der Waals surface area contributed by atoms with Crippen molar-refractivity contribution in [2.45, 2.75) is 49.0 Å². The molecule has 2 heterocycles. The smallest absolute Gasteiger partial charge is 0.181 e. The van der Waals surface area contributed by atoms with Gasteiger partial charge < -0.3 is 4.74 Å². The molecule has 0 saturated carbocycles. The summed E-state index contributed by atoms with van der Waals surface area (Å²) in [5.41, 5.74) is 4.00. The molecule has 3 aromatic rings. The van der Waals surface area contributed by atoms with E-state index in [0.717, 1.165) is 23.6 Å². The number of hydrogen-bond acceptors (Lipinski definition) is 5. The van der Waals surface area contributed by atoms with Crippen molar-refractivity contribution in [3.8, 4) is 5.75 Å². The highest BCUT2D eigenvalue weighted by atomic mass is 35.5. The van der Waals surface area contributed by atoms with Crippen LogP contribution in [0.2, 0.25) is 5.02 Å². The van der Waals surface area contributed by atoms with Gasteiger partial charge in [0.25, 0.3) is 0 Å². The van der Waals surface area contributed by atoms with Gasteiger partial charge in [0.15, 0.2) is 9.84 Å². The van der Waals surface area contributed by atoms with Gasteiger partial charge in [0.2, 0.25) is 0 Å². The molecule has 1 fully saturated rings. The van der Waals surface area contributed by atoms with Crippen molar-refractivity contribution in [3.63, 3.8) is 0 Å². The van der Waals surface area contributed by atoms with Crippen molar-refractivity contribution >= 4 is 21.4 Å². The maximum Gasteiger partial charge on any atom is 0.181 e. The van der Waals surface area contributed by atoms with Gasteiger partial charge >= 0.3 is 0 Å². The second-order valence-corrected chi connectivity index (χ2v) is 12.2. The Balaban J connectivity index is 1.29. The lowest BCUT2D eigenvalue weighted by Crippen LogP contribution is -2.49. The summed E-state index contributed by atoms with van der Waals surface area (Å²) in [6.07, 6.45) is 7.83. The number of hydrogen-bond donors (Lipinski definition) is 0. The van der Waals surface area contributed by atoms with Crippen LogP contribution in [-0.2, 0) is 29.7 Å². The summed E-state index contributed by atoms with van der Waals surface area (Å²) < 4.78 is 32.5. The Morgan fingerprint density at radius 1 is 1.17 bits per heavy atom. The molecule has 0 bridgehead atoms. The lowest BCUT2D eigenvalue weighted by molar-refractivity contribution is 0.0876. The number of aryl methyl sites for hydroxylation is 2. The van der Waals surface area contributed by atoms with Crippen LogP contribution in [0.3, 0.4) is 0 Å². The molecular weight excluding hydrogens is 482 g/mol. The van der Waals surface area contributed by atoms with Gasteiger partial charge in [0.1, 0.15) is 10.6 Å². The van der Waals surface area contributed by atoms with E-state index in [1.165, 1.54) is 59.7 Å². The second-order valence-electron chi connectivity index (χ2n) is 9.67. The molecule has 0 amide bonds. The Kier molecular flexibility index (Phi) is 7.19. The predicted octanol–water partition coefficient (Wildman–Crippen LogP) is 4.66. The van der Waals surface area contributed by atoms with Gasteiger partial charge in [-0.25, -0.2) is 8.42 Å². The fourth-order valence-electron chi connectivity index (χ4n) is 5.34. The molecule has 0 N–H and O–H groups in total. The van der Waals surface area contributed by atoms with Crippen LogP contribution < -0.4 is 4.74 Å². The number of likely N-dealkylation sites (tertiary alicyclic amines) is 1. The number of aromatic nitrogens is 2. The van der Waals surface area contributed by atoms with Crippen molar-refractivity contribution in [1.29, 1.82) is 0 Å². The Bertz CT molecular complexity index is 1290. The Morgan fingerprint density at radius 3 is 2.74 bits per heavy atom. The number of sulfone groups is 1. The fourth-order valence-corrected chi connectivity index (χ4v) is 6.80. The maximum absolute atomic E-state index is 12.5. The summed E-state index contributed by atoms with van der Waals surface area (Å²) in [7, 11) is -1.64. The van der Waals surface area contributed by atoms with Crippen LogP contribution in [0.25, 0.3) is 0 Å². The molecule has 0 spiro atoms. The topological polar surface area (TPSA) is 64.4 Å². The normalized spacial score (nSPS) is 20.3. The molecule has 1 aromatic heterocycles. The zero-order chi connectivity index (χ0) is 24.4. The summed E-state index contributed by atoms with van der Waals surface area (Å²) in [5.74, 6) is 1.23. The lowest BCUT2D eigenvalue weighted by Gasteiger charge is -2.45. The number of rotatable bonds is 9. The zero-order valence-corrected chi connectivity index (χ0v) is 21.6. The zero-order valence-electron chi connectivity index (χ0n) is 20.1. The summed E-state index contributed by atoms with van der Waals surface area (Å²) >= 11 is 6.29. The molecule has 5 rings (SSSR count). The van der Waals surface area contributed by atoms with Crippen LogP contribution in [-0.4, -0.2) is 54.6 Å². The van der Waals surface area contributed by atoms with Gasteiger partial charge in [0.05, 0.1) is 18.6 Å². The third-order valence-corrected chi connectivity index (χ3v) is 9.25. The molecule has 8 heteroatoms. The molecule has 186 valence electrons. The molecular formula is C27H32ClN3O3S. The molecule has 0 radical (unpaired) electrons. The number of nitrogens with zero attached hydrogens (tertiary/aromatic N) is 3. The number of halogens is 1. The molecule has 1 aliphatic heterocycles. The predicted molar refractivity (Wildman–Crippen MR) is 138 cm³/mol. The van der Waals surface area contributed by atoms with Crippen LogP contribution >= 0.6 is 11.6 Å².